The van der Waals surface area contributed by atoms with Crippen molar-refractivity contribution in [2.24, 2.45) is 0 Å². The van der Waals surface area contributed by atoms with Crippen molar-refractivity contribution in [3.63, 3.8) is 0 Å². The van der Waals surface area contributed by atoms with Gasteiger partial charge in [-0.25, -0.2) is 0 Å². The summed E-state index contributed by atoms with van der Waals surface area (Å²) in [5.41, 5.74) is 1.68. The number of benzene rings is 1. The molecule has 1 aliphatic carbocycles. The van der Waals surface area contributed by atoms with Crippen molar-refractivity contribution in [3.05, 3.63) is 34.3 Å². The maximum atomic E-state index is 9.98. The fraction of sp³-hybridized carbons (Fsp3) is 0.455. The first-order valence-electron chi connectivity index (χ1n) is 4.67. The van der Waals surface area contributed by atoms with Crippen LogP contribution in [0.15, 0.2) is 18.2 Å². The molecule has 0 heterocycles. The summed E-state index contributed by atoms with van der Waals surface area (Å²) in [7, 11) is 0. The number of aliphatic hydroxyl groups is 1. The minimum atomic E-state index is -0.559. The second-order valence-electron chi connectivity index (χ2n) is 3.69. The van der Waals surface area contributed by atoms with Gasteiger partial charge in [0.1, 0.15) is 0 Å². The van der Waals surface area contributed by atoms with Crippen LogP contribution in [-0.4, -0.2) is 5.11 Å². The Morgan fingerprint density at radius 3 is 2.69 bits per heavy atom. The van der Waals surface area contributed by atoms with Crippen molar-refractivity contribution in [2.75, 3.05) is 0 Å². The van der Waals surface area contributed by atoms with Gasteiger partial charge in [0.15, 0.2) is 0 Å². The molecule has 0 unspecified atom stereocenters. The quantitative estimate of drug-likeness (QED) is 0.771. The second kappa shape index (κ2) is 3.00. The zero-order chi connectivity index (χ0) is 9.47. The molecule has 1 aliphatic rings. The summed E-state index contributed by atoms with van der Waals surface area (Å²) in [4.78, 5) is 0. The van der Waals surface area contributed by atoms with E-state index in [1.54, 1.807) is 0 Å². The molecule has 70 valence electrons. The molecular formula is C11H13ClO. The molecule has 1 nitrogen and oxygen atoms in total. The molecule has 2 rings (SSSR count). The number of hydrogen-bond acceptors (Lipinski definition) is 1. The van der Waals surface area contributed by atoms with Crippen LogP contribution in [-0.2, 0) is 12.0 Å². The van der Waals surface area contributed by atoms with E-state index >= 15 is 0 Å². The smallest absolute Gasteiger partial charge is 0.0902 e. The lowest BCUT2D eigenvalue weighted by Gasteiger charge is -2.13. The minimum Gasteiger partial charge on any atom is -0.385 e. The Balaban J connectivity index is 2.47. The fourth-order valence-corrected chi connectivity index (χ4v) is 1.85. The lowest BCUT2D eigenvalue weighted by atomic mass is 9.99. The second-order valence-corrected chi connectivity index (χ2v) is 4.12. The molecule has 1 aromatic carbocycles. The SMILES string of the molecule is CCc1ccc(Cl)cc1C1(O)CC1. The molecular weight excluding hydrogens is 184 g/mol. The van der Waals surface area contributed by atoms with Gasteiger partial charge in [0.25, 0.3) is 0 Å². The van der Waals surface area contributed by atoms with E-state index < -0.39 is 5.60 Å². The summed E-state index contributed by atoms with van der Waals surface area (Å²) in [6.45, 7) is 2.10. The van der Waals surface area contributed by atoms with E-state index in [9.17, 15) is 5.11 Å². The Labute approximate surface area is 83.3 Å². The number of halogens is 1. The van der Waals surface area contributed by atoms with Gasteiger partial charge < -0.3 is 5.11 Å². The zero-order valence-electron chi connectivity index (χ0n) is 7.68. The van der Waals surface area contributed by atoms with Crippen molar-refractivity contribution in [2.45, 2.75) is 31.8 Å². The Morgan fingerprint density at radius 2 is 2.15 bits per heavy atom. The molecule has 0 bridgehead atoms. The Bertz CT molecular complexity index is 329. The number of aryl methyl sites for hydroxylation is 1. The molecule has 13 heavy (non-hydrogen) atoms. The van der Waals surface area contributed by atoms with Crippen molar-refractivity contribution in [3.8, 4) is 0 Å². The normalized spacial score (nSPS) is 18.7. The molecule has 0 amide bonds. The molecule has 0 atom stereocenters. The maximum Gasteiger partial charge on any atom is 0.0902 e. The van der Waals surface area contributed by atoms with E-state index in [1.165, 1.54) is 5.56 Å². The third-order valence-corrected chi connectivity index (χ3v) is 2.91. The van der Waals surface area contributed by atoms with Crippen LogP contribution in [0.5, 0.6) is 0 Å². The highest BCUT2D eigenvalue weighted by Gasteiger charge is 2.43. The van der Waals surface area contributed by atoms with Crippen molar-refractivity contribution in [1.82, 2.24) is 0 Å². The molecule has 1 N–H and O–H groups in total. The molecule has 1 fully saturated rings. The van der Waals surface area contributed by atoms with Gasteiger partial charge in [-0.3, -0.25) is 0 Å². The van der Waals surface area contributed by atoms with Gasteiger partial charge in [-0.1, -0.05) is 24.6 Å². The van der Waals surface area contributed by atoms with E-state index in [4.69, 9.17) is 11.6 Å². The molecule has 1 saturated carbocycles. The van der Waals surface area contributed by atoms with Gasteiger partial charge in [-0.05, 0) is 42.5 Å². The van der Waals surface area contributed by atoms with Crippen molar-refractivity contribution in [1.29, 1.82) is 0 Å². The third kappa shape index (κ3) is 1.59. The van der Waals surface area contributed by atoms with E-state index in [0.29, 0.717) is 5.02 Å². The fourth-order valence-electron chi connectivity index (χ4n) is 1.68. The maximum absolute atomic E-state index is 9.98. The standard InChI is InChI=1S/C11H13ClO/c1-2-8-3-4-9(12)7-10(8)11(13)5-6-11/h3-4,7,13H,2,5-6H2,1H3. The first kappa shape index (κ1) is 9.04. The first-order chi connectivity index (χ1) is 6.15. The number of rotatable bonds is 2. The number of hydrogen-bond donors (Lipinski definition) is 1. The summed E-state index contributed by atoms with van der Waals surface area (Å²) in [5.74, 6) is 0. The predicted octanol–water partition coefficient (Wildman–Crippen LogP) is 2.88. The predicted molar refractivity (Wildman–Crippen MR) is 54.0 cm³/mol. The average molecular weight is 197 g/mol. The molecule has 0 aromatic heterocycles. The Morgan fingerprint density at radius 1 is 1.46 bits per heavy atom. The van der Waals surface area contributed by atoms with Crippen LogP contribution >= 0.6 is 11.6 Å². The van der Waals surface area contributed by atoms with E-state index in [-0.39, 0.29) is 0 Å². The van der Waals surface area contributed by atoms with Gasteiger partial charge in [0, 0.05) is 5.02 Å². The van der Waals surface area contributed by atoms with Crippen LogP contribution < -0.4 is 0 Å². The largest absolute Gasteiger partial charge is 0.385 e. The molecule has 0 aliphatic heterocycles. The van der Waals surface area contributed by atoms with Crippen molar-refractivity contribution >= 4 is 11.6 Å². The van der Waals surface area contributed by atoms with Gasteiger partial charge in [0.2, 0.25) is 0 Å². The van der Waals surface area contributed by atoms with E-state index in [0.717, 1.165) is 24.8 Å². The van der Waals surface area contributed by atoms with Crippen LogP contribution in [0, 0.1) is 0 Å². The van der Waals surface area contributed by atoms with Gasteiger partial charge in [-0.2, -0.15) is 0 Å². The van der Waals surface area contributed by atoms with Crippen molar-refractivity contribution < 1.29 is 5.11 Å². The summed E-state index contributed by atoms with van der Waals surface area (Å²) < 4.78 is 0. The topological polar surface area (TPSA) is 20.2 Å². The lowest BCUT2D eigenvalue weighted by Crippen LogP contribution is -2.07. The molecule has 0 radical (unpaired) electrons. The van der Waals surface area contributed by atoms with Crippen LogP contribution in [0.2, 0.25) is 5.02 Å². The van der Waals surface area contributed by atoms with E-state index in [2.05, 4.69) is 6.92 Å². The Hall–Kier alpha value is -0.530. The molecule has 0 spiro atoms. The van der Waals surface area contributed by atoms with Crippen LogP contribution in [0.1, 0.15) is 30.9 Å². The van der Waals surface area contributed by atoms with Crippen LogP contribution in [0.25, 0.3) is 0 Å². The summed E-state index contributed by atoms with van der Waals surface area (Å²) >= 11 is 5.90. The molecule has 0 saturated heterocycles. The highest BCUT2D eigenvalue weighted by Crippen LogP contribution is 2.47. The van der Waals surface area contributed by atoms with Crippen LogP contribution in [0.4, 0.5) is 0 Å². The van der Waals surface area contributed by atoms with Gasteiger partial charge in [-0.15, -0.1) is 0 Å². The monoisotopic (exact) mass is 196 g/mol. The zero-order valence-corrected chi connectivity index (χ0v) is 8.43. The minimum absolute atomic E-state index is 0.559. The van der Waals surface area contributed by atoms with Gasteiger partial charge >= 0.3 is 0 Å². The van der Waals surface area contributed by atoms with Crippen LogP contribution in [0.3, 0.4) is 0 Å². The third-order valence-electron chi connectivity index (χ3n) is 2.68. The van der Waals surface area contributed by atoms with E-state index in [1.807, 2.05) is 18.2 Å². The first-order valence-corrected chi connectivity index (χ1v) is 5.05. The average Bonchev–Trinajstić information content (AvgIpc) is 2.85. The highest BCUT2D eigenvalue weighted by atomic mass is 35.5. The van der Waals surface area contributed by atoms with Gasteiger partial charge in [0.05, 0.1) is 5.60 Å². The molecule has 1 aromatic rings. The lowest BCUT2D eigenvalue weighted by molar-refractivity contribution is 0.150. The highest BCUT2D eigenvalue weighted by molar-refractivity contribution is 6.30. The molecule has 2 heteroatoms. The summed E-state index contributed by atoms with van der Waals surface area (Å²) in [6.07, 6.45) is 2.70. The Kier molecular flexibility index (Phi) is 2.09. The summed E-state index contributed by atoms with van der Waals surface area (Å²) in [5, 5.41) is 10.7. The summed E-state index contributed by atoms with van der Waals surface area (Å²) in [6, 6.07) is 5.79.